The first kappa shape index (κ1) is 14.9. The van der Waals surface area contributed by atoms with E-state index in [1.807, 2.05) is 47.8 Å². The molecule has 0 aliphatic rings. The highest BCUT2D eigenvalue weighted by atomic mass is 32.1. The Hall–Kier alpha value is -2.70. The van der Waals surface area contributed by atoms with Crippen molar-refractivity contribution >= 4 is 50.2 Å². The van der Waals surface area contributed by atoms with Crippen molar-refractivity contribution in [3.8, 4) is 10.4 Å². The lowest BCUT2D eigenvalue weighted by Crippen LogP contribution is -2.13. The Balaban J connectivity index is 1.64. The molecule has 0 bridgehead atoms. The van der Waals surface area contributed by atoms with Gasteiger partial charge in [-0.2, -0.15) is 0 Å². The summed E-state index contributed by atoms with van der Waals surface area (Å²) in [5, 5.41) is 4.93. The molecule has 6 heteroatoms. The molecule has 2 aromatic carbocycles. The number of thiophene rings is 1. The normalized spacial score (nSPS) is 10.8. The number of carbonyl (C=O) groups excluding carboxylic acids is 1. The fraction of sp³-hybridized carbons (Fsp3) is 0. The van der Waals surface area contributed by atoms with E-state index in [-0.39, 0.29) is 5.91 Å². The Kier molecular flexibility index (Phi) is 3.76. The van der Waals surface area contributed by atoms with E-state index in [1.54, 1.807) is 22.9 Å². The van der Waals surface area contributed by atoms with Crippen molar-refractivity contribution in [3.05, 3.63) is 65.0 Å². The lowest BCUT2D eigenvalue weighted by molar-refractivity contribution is 0.102. The molecule has 0 aliphatic carbocycles. The number of aromatic nitrogens is 1. The minimum Gasteiger partial charge on any atom is -0.397 e. The molecule has 0 saturated carbocycles. The van der Waals surface area contributed by atoms with Gasteiger partial charge in [0.05, 0.1) is 27.1 Å². The topological polar surface area (TPSA) is 68.0 Å². The standard InChI is InChI=1S/C18H13N3OS2/c19-13-5-3-11(16-2-1-7-23-16)8-15(13)21-18(22)12-4-6-14-17(9-12)24-10-20-14/h1-10H,19H2,(H,21,22). The van der Waals surface area contributed by atoms with Crippen LogP contribution in [0.15, 0.2) is 59.4 Å². The summed E-state index contributed by atoms with van der Waals surface area (Å²) in [7, 11) is 0. The van der Waals surface area contributed by atoms with Gasteiger partial charge in [0, 0.05) is 10.4 Å². The van der Waals surface area contributed by atoms with Crippen LogP contribution < -0.4 is 11.1 Å². The molecule has 0 atom stereocenters. The molecule has 2 aromatic heterocycles. The number of nitrogen functional groups attached to an aromatic ring is 1. The maximum atomic E-state index is 12.5. The van der Waals surface area contributed by atoms with Crippen molar-refractivity contribution in [1.82, 2.24) is 4.98 Å². The van der Waals surface area contributed by atoms with E-state index in [2.05, 4.69) is 10.3 Å². The van der Waals surface area contributed by atoms with Crippen LogP contribution in [-0.2, 0) is 0 Å². The Bertz CT molecular complexity index is 1020. The van der Waals surface area contributed by atoms with Crippen LogP contribution in [0.5, 0.6) is 0 Å². The van der Waals surface area contributed by atoms with Crippen LogP contribution in [0.4, 0.5) is 11.4 Å². The summed E-state index contributed by atoms with van der Waals surface area (Å²) in [6, 6.07) is 15.2. The van der Waals surface area contributed by atoms with Gasteiger partial charge >= 0.3 is 0 Å². The highest BCUT2D eigenvalue weighted by Gasteiger charge is 2.11. The monoisotopic (exact) mass is 351 g/mol. The van der Waals surface area contributed by atoms with Crippen LogP contribution in [0.1, 0.15) is 10.4 Å². The van der Waals surface area contributed by atoms with Gasteiger partial charge in [0.2, 0.25) is 0 Å². The number of hydrogen-bond donors (Lipinski definition) is 2. The molecular weight excluding hydrogens is 338 g/mol. The summed E-state index contributed by atoms with van der Waals surface area (Å²) in [5.74, 6) is -0.180. The number of nitrogens with one attached hydrogen (secondary N) is 1. The molecular formula is C18H13N3OS2. The average Bonchev–Trinajstić information content (AvgIpc) is 3.27. The predicted molar refractivity (Wildman–Crippen MR) is 102 cm³/mol. The number of carbonyl (C=O) groups is 1. The Morgan fingerprint density at radius 1 is 1.08 bits per heavy atom. The van der Waals surface area contributed by atoms with E-state index >= 15 is 0 Å². The summed E-state index contributed by atoms with van der Waals surface area (Å²) in [4.78, 5) is 17.9. The molecule has 0 unspecified atom stereocenters. The van der Waals surface area contributed by atoms with Crippen LogP contribution in [0, 0.1) is 0 Å². The minimum absolute atomic E-state index is 0.180. The minimum atomic E-state index is -0.180. The van der Waals surface area contributed by atoms with E-state index < -0.39 is 0 Å². The van der Waals surface area contributed by atoms with Crippen LogP contribution in [0.3, 0.4) is 0 Å². The number of fused-ring (bicyclic) bond motifs is 1. The number of benzene rings is 2. The fourth-order valence-electron chi connectivity index (χ4n) is 2.45. The molecule has 0 fully saturated rings. The van der Waals surface area contributed by atoms with E-state index in [9.17, 15) is 4.79 Å². The summed E-state index contributed by atoms with van der Waals surface area (Å²) in [6.45, 7) is 0. The predicted octanol–water partition coefficient (Wildman–Crippen LogP) is 4.86. The van der Waals surface area contributed by atoms with Crippen LogP contribution in [-0.4, -0.2) is 10.9 Å². The zero-order valence-electron chi connectivity index (χ0n) is 12.5. The van der Waals surface area contributed by atoms with Crippen molar-refractivity contribution in [3.63, 3.8) is 0 Å². The zero-order chi connectivity index (χ0) is 16.5. The van der Waals surface area contributed by atoms with E-state index in [0.717, 1.165) is 20.7 Å². The molecule has 0 aliphatic heterocycles. The first-order valence-corrected chi connectivity index (χ1v) is 9.04. The smallest absolute Gasteiger partial charge is 0.255 e. The SMILES string of the molecule is Nc1ccc(-c2cccs2)cc1NC(=O)c1ccc2ncsc2c1. The Morgan fingerprint density at radius 3 is 2.83 bits per heavy atom. The summed E-state index contributed by atoms with van der Waals surface area (Å²) in [6.07, 6.45) is 0. The van der Waals surface area contributed by atoms with Crippen LogP contribution in [0.2, 0.25) is 0 Å². The van der Waals surface area contributed by atoms with Crippen LogP contribution >= 0.6 is 22.7 Å². The molecule has 0 radical (unpaired) electrons. The van der Waals surface area contributed by atoms with Gasteiger partial charge in [-0.15, -0.1) is 22.7 Å². The number of amides is 1. The third-order valence-electron chi connectivity index (χ3n) is 3.70. The fourth-order valence-corrected chi connectivity index (χ4v) is 3.89. The van der Waals surface area contributed by atoms with Crippen LogP contribution in [0.25, 0.3) is 20.7 Å². The maximum absolute atomic E-state index is 12.5. The van der Waals surface area contributed by atoms with Gasteiger partial charge in [0.25, 0.3) is 5.91 Å². The van der Waals surface area contributed by atoms with Gasteiger partial charge in [0.15, 0.2) is 0 Å². The lowest BCUT2D eigenvalue weighted by atomic mass is 10.1. The van der Waals surface area contributed by atoms with Gasteiger partial charge in [-0.1, -0.05) is 12.1 Å². The largest absolute Gasteiger partial charge is 0.397 e. The van der Waals surface area contributed by atoms with Crippen molar-refractivity contribution in [2.45, 2.75) is 0 Å². The molecule has 4 aromatic rings. The summed E-state index contributed by atoms with van der Waals surface area (Å²) < 4.78 is 0.989. The van der Waals surface area contributed by atoms with Crippen molar-refractivity contribution in [1.29, 1.82) is 0 Å². The average molecular weight is 351 g/mol. The third kappa shape index (κ3) is 2.77. The second kappa shape index (κ2) is 6.07. The second-order valence-electron chi connectivity index (χ2n) is 5.27. The lowest BCUT2D eigenvalue weighted by Gasteiger charge is -2.10. The number of hydrogen-bond acceptors (Lipinski definition) is 5. The van der Waals surface area contributed by atoms with E-state index in [4.69, 9.17) is 5.73 Å². The van der Waals surface area contributed by atoms with Gasteiger partial charge < -0.3 is 11.1 Å². The highest BCUT2D eigenvalue weighted by molar-refractivity contribution is 7.16. The van der Waals surface area contributed by atoms with Gasteiger partial charge in [-0.05, 0) is 47.3 Å². The quantitative estimate of drug-likeness (QED) is 0.518. The number of nitrogens with two attached hydrogens (primary N) is 1. The number of nitrogens with zero attached hydrogens (tertiary/aromatic N) is 1. The molecule has 1 amide bonds. The van der Waals surface area contributed by atoms with Gasteiger partial charge in [0.1, 0.15) is 0 Å². The molecule has 4 rings (SSSR count). The summed E-state index contributed by atoms with van der Waals surface area (Å²) in [5.41, 5.74) is 11.5. The third-order valence-corrected chi connectivity index (χ3v) is 5.41. The van der Waals surface area contributed by atoms with Crippen molar-refractivity contribution in [2.75, 3.05) is 11.1 Å². The first-order chi connectivity index (χ1) is 11.7. The molecule has 118 valence electrons. The molecule has 3 N–H and O–H groups in total. The number of anilines is 2. The van der Waals surface area contributed by atoms with Gasteiger partial charge in [-0.3, -0.25) is 4.79 Å². The molecule has 0 saturated heterocycles. The second-order valence-corrected chi connectivity index (χ2v) is 7.10. The molecule has 4 nitrogen and oxygen atoms in total. The van der Waals surface area contributed by atoms with Crippen molar-refractivity contribution < 1.29 is 4.79 Å². The highest BCUT2D eigenvalue weighted by Crippen LogP contribution is 2.30. The first-order valence-electron chi connectivity index (χ1n) is 7.29. The Labute approximate surface area is 146 Å². The molecule has 24 heavy (non-hydrogen) atoms. The number of rotatable bonds is 3. The molecule has 0 spiro atoms. The maximum Gasteiger partial charge on any atom is 0.255 e. The molecule has 2 heterocycles. The summed E-state index contributed by atoms with van der Waals surface area (Å²) >= 11 is 3.16. The van der Waals surface area contributed by atoms with Gasteiger partial charge in [-0.25, -0.2) is 4.98 Å². The van der Waals surface area contributed by atoms with Crippen molar-refractivity contribution in [2.24, 2.45) is 0 Å². The number of thiazole rings is 1. The Morgan fingerprint density at radius 2 is 2.00 bits per heavy atom. The van der Waals surface area contributed by atoms with E-state index in [0.29, 0.717) is 16.9 Å². The van der Waals surface area contributed by atoms with E-state index in [1.165, 1.54) is 11.3 Å². The zero-order valence-corrected chi connectivity index (χ0v) is 14.2.